The average molecular weight is 290 g/mol. The van der Waals surface area contributed by atoms with Gasteiger partial charge in [-0.15, -0.1) is 0 Å². The molecule has 0 aromatic heterocycles. The minimum atomic E-state index is 0.252. The summed E-state index contributed by atoms with van der Waals surface area (Å²) in [5.41, 5.74) is 1.10. The van der Waals surface area contributed by atoms with Crippen LogP contribution in [-0.2, 0) is 4.74 Å². The summed E-state index contributed by atoms with van der Waals surface area (Å²) < 4.78 is 5.09. The van der Waals surface area contributed by atoms with E-state index in [9.17, 15) is 0 Å². The number of benzene rings is 1. The van der Waals surface area contributed by atoms with Crippen LogP contribution in [0.1, 0.15) is 38.3 Å². The summed E-state index contributed by atoms with van der Waals surface area (Å²) in [6, 6.07) is 6.31. The second-order valence-corrected chi connectivity index (χ2v) is 5.32. The van der Waals surface area contributed by atoms with Crippen molar-refractivity contribution in [2.24, 2.45) is 0 Å². The topological polar surface area (TPSA) is 21.3 Å². The summed E-state index contributed by atoms with van der Waals surface area (Å²) in [5.74, 6) is 0. The van der Waals surface area contributed by atoms with Crippen molar-refractivity contribution in [3.63, 3.8) is 0 Å². The van der Waals surface area contributed by atoms with E-state index in [1.54, 1.807) is 13.2 Å². The smallest absolute Gasteiger partial charge is 0.0476 e. The van der Waals surface area contributed by atoms with Gasteiger partial charge in [0.05, 0.1) is 0 Å². The molecule has 1 aromatic rings. The zero-order valence-electron chi connectivity index (χ0n) is 11.2. The Morgan fingerprint density at radius 1 is 1.33 bits per heavy atom. The Labute approximate surface area is 120 Å². The van der Waals surface area contributed by atoms with E-state index >= 15 is 0 Å². The predicted octanol–water partition coefficient (Wildman–Crippen LogP) is 4.46. The zero-order valence-corrected chi connectivity index (χ0v) is 12.7. The lowest BCUT2D eigenvalue weighted by atomic mass is 10.0. The van der Waals surface area contributed by atoms with E-state index in [1.165, 1.54) is 0 Å². The SMILES string of the molecule is CCC(NC(C)CCOC)c1ccc(Cl)cc1Cl. The molecule has 0 heterocycles. The maximum absolute atomic E-state index is 6.24. The zero-order chi connectivity index (χ0) is 13.5. The first-order chi connectivity index (χ1) is 8.58. The number of methoxy groups -OCH3 is 1. The van der Waals surface area contributed by atoms with Gasteiger partial charge in [-0.2, -0.15) is 0 Å². The molecule has 0 aliphatic rings. The summed E-state index contributed by atoms with van der Waals surface area (Å²) >= 11 is 12.2. The Balaban J connectivity index is 2.70. The quantitative estimate of drug-likeness (QED) is 0.800. The number of rotatable bonds is 7. The van der Waals surface area contributed by atoms with Gasteiger partial charge in [-0.05, 0) is 37.5 Å². The van der Waals surface area contributed by atoms with Crippen LogP contribution in [0.15, 0.2) is 18.2 Å². The predicted molar refractivity (Wildman–Crippen MR) is 78.6 cm³/mol. The summed E-state index contributed by atoms with van der Waals surface area (Å²) in [5, 5.41) is 4.97. The van der Waals surface area contributed by atoms with Crippen LogP contribution in [0.25, 0.3) is 0 Å². The molecule has 18 heavy (non-hydrogen) atoms. The van der Waals surface area contributed by atoms with Gasteiger partial charge in [-0.3, -0.25) is 0 Å². The van der Waals surface area contributed by atoms with Crippen LogP contribution < -0.4 is 5.32 Å². The fraction of sp³-hybridized carbons (Fsp3) is 0.571. The van der Waals surface area contributed by atoms with Gasteiger partial charge < -0.3 is 10.1 Å². The largest absolute Gasteiger partial charge is 0.385 e. The van der Waals surface area contributed by atoms with Crippen LogP contribution in [0.3, 0.4) is 0 Å². The molecule has 0 aliphatic carbocycles. The minimum Gasteiger partial charge on any atom is -0.385 e. The second-order valence-electron chi connectivity index (χ2n) is 4.48. The molecule has 102 valence electrons. The number of nitrogens with one attached hydrogen (secondary N) is 1. The molecule has 1 rings (SSSR count). The molecule has 2 atom stereocenters. The highest BCUT2D eigenvalue weighted by Crippen LogP contribution is 2.28. The van der Waals surface area contributed by atoms with Crippen LogP contribution in [0, 0.1) is 0 Å². The van der Waals surface area contributed by atoms with Gasteiger partial charge in [0, 0.05) is 35.8 Å². The Morgan fingerprint density at radius 3 is 2.61 bits per heavy atom. The van der Waals surface area contributed by atoms with Crippen LogP contribution in [0.4, 0.5) is 0 Å². The molecule has 1 N–H and O–H groups in total. The lowest BCUT2D eigenvalue weighted by molar-refractivity contribution is 0.182. The first-order valence-electron chi connectivity index (χ1n) is 6.28. The fourth-order valence-electron chi connectivity index (χ4n) is 1.93. The van der Waals surface area contributed by atoms with Gasteiger partial charge in [0.1, 0.15) is 0 Å². The molecular weight excluding hydrogens is 269 g/mol. The molecule has 0 spiro atoms. The lowest BCUT2D eigenvalue weighted by Crippen LogP contribution is -2.31. The monoisotopic (exact) mass is 289 g/mol. The molecule has 0 bridgehead atoms. The van der Waals surface area contributed by atoms with Gasteiger partial charge in [0.25, 0.3) is 0 Å². The molecule has 2 nitrogen and oxygen atoms in total. The van der Waals surface area contributed by atoms with E-state index in [0.29, 0.717) is 11.1 Å². The molecule has 4 heteroatoms. The number of ether oxygens (including phenoxy) is 1. The third kappa shape index (κ3) is 4.77. The van der Waals surface area contributed by atoms with Crippen molar-refractivity contribution in [1.29, 1.82) is 0 Å². The summed E-state index contributed by atoms with van der Waals surface area (Å²) in [4.78, 5) is 0. The average Bonchev–Trinajstić information content (AvgIpc) is 2.34. The molecule has 0 radical (unpaired) electrons. The van der Waals surface area contributed by atoms with Crippen molar-refractivity contribution in [3.8, 4) is 0 Å². The van der Waals surface area contributed by atoms with E-state index in [2.05, 4.69) is 19.2 Å². The van der Waals surface area contributed by atoms with Crippen molar-refractivity contribution in [2.45, 2.75) is 38.8 Å². The number of halogens is 2. The molecule has 1 aromatic carbocycles. The van der Waals surface area contributed by atoms with Crippen molar-refractivity contribution in [1.82, 2.24) is 5.32 Å². The summed E-state index contributed by atoms with van der Waals surface area (Å²) in [6.07, 6.45) is 1.97. The van der Waals surface area contributed by atoms with Crippen LogP contribution in [-0.4, -0.2) is 19.8 Å². The molecule has 0 saturated carbocycles. The minimum absolute atomic E-state index is 0.252. The highest BCUT2D eigenvalue weighted by Gasteiger charge is 2.15. The highest BCUT2D eigenvalue weighted by atomic mass is 35.5. The Bertz CT molecular complexity index is 371. The van der Waals surface area contributed by atoms with Crippen molar-refractivity contribution >= 4 is 23.2 Å². The van der Waals surface area contributed by atoms with E-state index in [4.69, 9.17) is 27.9 Å². The summed E-state index contributed by atoms with van der Waals surface area (Å²) in [6.45, 7) is 5.07. The molecular formula is C14H21Cl2NO. The maximum atomic E-state index is 6.24. The maximum Gasteiger partial charge on any atom is 0.0476 e. The fourth-order valence-corrected chi connectivity index (χ4v) is 2.47. The van der Waals surface area contributed by atoms with E-state index in [0.717, 1.165) is 30.0 Å². The first kappa shape index (κ1) is 15.8. The second kappa shape index (κ2) is 8.00. The third-order valence-corrected chi connectivity index (χ3v) is 3.55. The molecule has 0 amide bonds. The first-order valence-corrected chi connectivity index (χ1v) is 7.04. The summed E-state index contributed by atoms with van der Waals surface area (Å²) in [7, 11) is 1.72. The van der Waals surface area contributed by atoms with Gasteiger partial charge in [-0.25, -0.2) is 0 Å². The van der Waals surface area contributed by atoms with Gasteiger partial charge >= 0.3 is 0 Å². The highest BCUT2D eigenvalue weighted by molar-refractivity contribution is 6.35. The molecule has 0 aliphatic heterocycles. The molecule has 0 saturated heterocycles. The number of hydrogen-bond acceptors (Lipinski definition) is 2. The molecule has 0 fully saturated rings. The normalized spacial score (nSPS) is 14.5. The Hall–Kier alpha value is -0.280. The van der Waals surface area contributed by atoms with E-state index in [1.807, 2.05) is 12.1 Å². The van der Waals surface area contributed by atoms with Crippen molar-refractivity contribution < 1.29 is 4.74 Å². The standard InChI is InChI=1S/C14H21Cl2NO/c1-4-14(17-10(2)7-8-18-3)12-6-5-11(15)9-13(12)16/h5-6,9-10,14,17H,4,7-8H2,1-3H3. The lowest BCUT2D eigenvalue weighted by Gasteiger charge is -2.23. The van der Waals surface area contributed by atoms with E-state index in [-0.39, 0.29) is 6.04 Å². The van der Waals surface area contributed by atoms with Crippen LogP contribution >= 0.6 is 23.2 Å². The third-order valence-electron chi connectivity index (χ3n) is 2.99. The Morgan fingerprint density at radius 2 is 2.06 bits per heavy atom. The van der Waals surface area contributed by atoms with Crippen molar-refractivity contribution in [3.05, 3.63) is 33.8 Å². The van der Waals surface area contributed by atoms with Crippen molar-refractivity contribution in [2.75, 3.05) is 13.7 Å². The van der Waals surface area contributed by atoms with Gasteiger partial charge in [0.15, 0.2) is 0 Å². The van der Waals surface area contributed by atoms with Gasteiger partial charge in [0.2, 0.25) is 0 Å². The van der Waals surface area contributed by atoms with Crippen LogP contribution in [0.5, 0.6) is 0 Å². The number of hydrogen-bond donors (Lipinski definition) is 1. The van der Waals surface area contributed by atoms with E-state index < -0.39 is 0 Å². The van der Waals surface area contributed by atoms with Gasteiger partial charge in [-0.1, -0.05) is 36.2 Å². The Kier molecular flexibility index (Phi) is 7.02. The van der Waals surface area contributed by atoms with Crippen LogP contribution in [0.2, 0.25) is 10.0 Å². The molecule has 2 unspecified atom stereocenters.